The molecule has 0 aliphatic carbocycles. The topological polar surface area (TPSA) is 122 Å². The smallest absolute Gasteiger partial charge is 0.339 e. The predicted molar refractivity (Wildman–Crippen MR) is 112 cm³/mol. The van der Waals surface area contributed by atoms with Crippen molar-refractivity contribution in [2.75, 3.05) is 64.5 Å². The van der Waals surface area contributed by atoms with Crippen LogP contribution in [0.1, 0.15) is 20.7 Å². The van der Waals surface area contributed by atoms with Gasteiger partial charge in [-0.25, -0.2) is 18.2 Å². The first-order valence-electron chi connectivity index (χ1n) is 10.1. The number of sulfonamides is 1. The van der Waals surface area contributed by atoms with Gasteiger partial charge in [0.15, 0.2) is 0 Å². The number of hydrogen-bond acceptors (Lipinski definition) is 9. The van der Waals surface area contributed by atoms with E-state index in [2.05, 4.69) is 4.98 Å². The Morgan fingerprint density at radius 3 is 2.41 bits per heavy atom. The van der Waals surface area contributed by atoms with Crippen molar-refractivity contribution in [3.8, 4) is 0 Å². The molecule has 2 aliphatic heterocycles. The van der Waals surface area contributed by atoms with Crippen LogP contribution in [0, 0.1) is 0 Å². The van der Waals surface area contributed by atoms with Crippen LogP contribution in [0.3, 0.4) is 0 Å². The highest BCUT2D eigenvalue weighted by molar-refractivity contribution is 7.89. The van der Waals surface area contributed by atoms with E-state index in [1.165, 1.54) is 36.2 Å². The van der Waals surface area contributed by atoms with E-state index in [9.17, 15) is 18.0 Å². The average Bonchev–Trinajstić information content (AvgIpc) is 3.38. The number of amides is 1. The second kappa shape index (κ2) is 9.27. The molecule has 0 atom stereocenters. The van der Waals surface area contributed by atoms with Crippen LogP contribution in [0.25, 0.3) is 0 Å². The van der Waals surface area contributed by atoms with Gasteiger partial charge >= 0.3 is 5.97 Å². The molecule has 172 valence electrons. The molecule has 4 rings (SSSR count). The molecule has 0 spiro atoms. The normalized spacial score (nSPS) is 17.9. The number of piperazine rings is 1. The SMILES string of the molecule is COC(=O)c1cnc(N2CCN(C(=O)c3ccoc3)CC2)c(S(=O)(=O)N2CCOCC2)c1. The molecule has 11 nitrogen and oxygen atoms in total. The van der Waals surface area contributed by atoms with Gasteiger partial charge in [0.25, 0.3) is 5.91 Å². The molecular weight excluding hydrogens is 440 g/mol. The van der Waals surface area contributed by atoms with Gasteiger partial charge in [0.05, 0.1) is 37.7 Å². The summed E-state index contributed by atoms with van der Waals surface area (Å²) in [5.74, 6) is -0.564. The van der Waals surface area contributed by atoms with Crippen molar-refractivity contribution >= 4 is 27.7 Å². The summed E-state index contributed by atoms with van der Waals surface area (Å²) in [6, 6.07) is 2.91. The highest BCUT2D eigenvalue weighted by atomic mass is 32.2. The molecule has 0 unspecified atom stereocenters. The van der Waals surface area contributed by atoms with E-state index in [4.69, 9.17) is 13.9 Å². The van der Waals surface area contributed by atoms with Crippen molar-refractivity contribution in [1.29, 1.82) is 0 Å². The largest absolute Gasteiger partial charge is 0.472 e. The number of hydrogen-bond donors (Lipinski definition) is 0. The molecule has 12 heteroatoms. The zero-order chi connectivity index (χ0) is 22.7. The van der Waals surface area contributed by atoms with Crippen molar-refractivity contribution in [1.82, 2.24) is 14.2 Å². The monoisotopic (exact) mass is 464 g/mol. The maximum absolute atomic E-state index is 13.4. The number of nitrogens with zero attached hydrogens (tertiary/aromatic N) is 4. The van der Waals surface area contributed by atoms with Crippen molar-refractivity contribution in [2.24, 2.45) is 0 Å². The third-order valence-corrected chi connectivity index (χ3v) is 7.38. The summed E-state index contributed by atoms with van der Waals surface area (Å²) in [4.78, 5) is 32.3. The predicted octanol–water partition coefficient (Wildman–Crippen LogP) is 0.445. The number of rotatable bonds is 5. The van der Waals surface area contributed by atoms with Crippen LogP contribution in [-0.2, 0) is 19.5 Å². The van der Waals surface area contributed by atoms with E-state index >= 15 is 0 Å². The maximum Gasteiger partial charge on any atom is 0.339 e. The van der Waals surface area contributed by atoms with E-state index in [0.717, 1.165) is 0 Å². The van der Waals surface area contributed by atoms with Crippen molar-refractivity contribution in [3.63, 3.8) is 0 Å². The van der Waals surface area contributed by atoms with Crippen LogP contribution >= 0.6 is 0 Å². The third kappa shape index (κ3) is 4.33. The third-order valence-electron chi connectivity index (χ3n) is 5.48. The van der Waals surface area contributed by atoms with Gasteiger partial charge in [-0.2, -0.15) is 4.31 Å². The van der Waals surface area contributed by atoms with Gasteiger partial charge in [0.2, 0.25) is 10.0 Å². The maximum atomic E-state index is 13.4. The minimum atomic E-state index is -3.92. The first kappa shape index (κ1) is 22.2. The highest BCUT2D eigenvalue weighted by Crippen LogP contribution is 2.29. The molecule has 2 aliphatic rings. The Balaban J connectivity index is 1.61. The van der Waals surface area contributed by atoms with Gasteiger partial charge in [0.1, 0.15) is 17.0 Å². The Morgan fingerprint density at radius 2 is 1.78 bits per heavy atom. The molecule has 2 saturated heterocycles. The van der Waals surface area contributed by atoms with Gasteiger partial charge in [-0.15, -0.1) is 0 Å². The van der Waals surface area contributed by atoms with Gasteiger partial charge in [-0.1, -0.05) is 0 Å². The van der Waals surface area contributed by atoms with Crippen LogP contribution in [0.5, 0.6) is 0 Å². The van der Waals surface area contributed by atoms with E-state index in [1.54, 1.807) is 11.0 Å². The quantitative estimate of drug-likeness (QED) is 0.580. The Bertz CT molecular complexity index is 1070. The molecule has 0 N–H and O–H groups in total. The number of aromatic nitrogens is 1. The number of ether oxygens (including phenoxy) is 2. The molecule has 32 heavy (non-hydrogen) atoms. The number of anilines is 1. The summed E-state index contributed by atoms with van der Waals surface area (Å²) in [5, 5.41) is 0. The summed E-state index contributed by atoms with van der Waals surface area (Å²) >= 11 is 0. The molecule has 2 fully saturated rings. The first-order valence-corrected chi connectivity index (χ1v) is 11.6. The molecule has 0 radical (unpaired) electrons. The zero-order valence-electron chi connectivity index (χ0n) is 17.6. The second-order valence-electron chi connectivity index (χ2n) is 7.35. The second-order valence-corrected chi connectivity index (χ2v) is 9.25. The number of pyridine rings is 1. The van der Waals surface area contributed by atoms with E-state index in [1.807, 2.05) is 4.90 Å². The van der Waals surface area contributed by atoms with Crippen LogP contribution in [0.4, 0.5) is 5.82 Å². The van der Waals surface area contributed by atoms with Gasteiger partial charge < -0.3 is 23.7 Å². The van der Waals surface area contributed by atoms with E-state index < -0.39 is 16.0 Å². The number of carbonyl (C=O) groups excluding carboxylic acids is 2. The highest BCUT2D eigenvalue weighted by Gasteiger charge is 2.33. The molecule has 2 aromatic rings. The lowest BCUT2D eigenvalue weighted by molar-refractivity contribution is 0.0599. The fourth-order valence-electron chi connectivity index (χ4n) is 3.71. The van der Waals surface area contributed by atoms with Crippen molar-refractivity contribution < 1.29 is 31.9 Å². The van der Waals surface area contributed by atoms with Crippen LogP contribution in [-0.4, -0.2) is 94.1 Å². The average molecular weight is 465 g/mol. The molecule has 2 aromatic heterocycles. The Kier molecular flexibility index (Phi) is 6.44. The summed E-state index contributed by atoms with van der Waals surface area (Å²) in [5.41, 5.74) is 0.520. The van der Waals surface area contributed by atoms with Crippen LogP contribution < -0.4 is 4.90 Å². The Hall–Kier alpha value is -2.96. The van der Waals surface area contributed by atoms with Crippen molar-refractivity contribution in [2.45, 2.75) is 4.90 Å². The van der Waals surface area contributed by atoms with Gasteiger partial charge in [-0.05, 0) is 12.1 Å². The van der Waals surface area contributed by atoms with E-state index in [-0.39, 0.29) is 35.3 Å². The molecule has 0 saturated carbocycles. The fourth-order valence-corrected chi connectivity index (χ4v) is 5.31. The van der Waals surface area contributed by atoms with Crippen molar-refractivity contribution in [3.05, 3.63) is 42.0 Å². The minimum absolute atomic E-state index is 0.0526. The zero-order valence-corrected chi connectivity index (χ0v) is 18.4. The van der Waals surface area contributed by atoms with Crippen LogP contribution in [0.15, 0.2) is 40.2 Å². The molecule has 0 bridgehead atoms. The summed E-state index contributed by atoms with van der Waals surface area (Å²) in [7, 11) is -2.70. The lowest BCUT2D eigenvalue weighted by Gasteiger charge is -2.36. The lowest BCUT2D eigenvalue weighted by atomic mass is 10.2. The fraction of sp³-hybridized carbons (Fsp3) is 0.450. The summed E-state index contributed by atoms with van der Waals surface area (Å²) in [6.45, 7) is 2.60. The Morgan fingerprint density at radius 1 is 1.06 bits per heavy atom. The lowest BCUT2D eigenvalue weighted by Crippen LogP contribution is -2.49. The molecular formula is C20H24N4O7S. The number of carbonyl (C=O) groups is 2. The molecule has 1 amide bonds. The Labute approximate surface area is 185 Å². The molecule has 4 heterocycles. The van der Waals surface area contributed by atoms with E-state index in [0.29, 0.717) is 45.0 Å². The number of morpholine rings is 1. The molecule has 0 aromatic carbocycles. The number of methoxy groups -OCH3 is 1. The van der Waals surface area contributed by atoms with Gasteiger partial charge in [0, 0.05) is 45.5 Å². The number of esters is 1. The van der Waals surface area contributed by atoms with Crippen LogP contribution in [0.2, 0.25) is 0 Å². The summed E-state index contributed by atoms with van der Waals surface area (Å²) in [6.07, 6.45) is 4.15. The first-order chi connectivity index (χ1) is 15.4. The summed E-state index contributed by atoms with van der Waals surface area (Å²) < 4.78 is 43.2. The number of furan rings is 1. The van der Waals surface area contributed by atoms with Gasteiger partial charge in [-0.3, -0.25) is 4.79 Å². The minimum Gasteiger partial charge on any atom is -0.472 e. The standard InChI is InChI=1S/C20H24N4O7S/c1-29-20(26)16-12-17(32(27,28)24-7-10-30-11-8-24)18(21-13-16)22-3-5-23(6-4-22)19(25)15-2-9-31-14-15/h2,9,12-14H,3-8,10-11H2,1H3.